The van der Waals surface area contributed by atoms with E-state index in [0.717, 1.165) is 45.2 Å². The van der Waals surface area contributed by atoms with Gasteiger partial charge in [-0.3, -0.25) is 14.9 Å². The zero-order valence-corrected chi connectivity index (χ0v) is 15.0. The van der Waals surface area contributed by atoms with Crippen molar-refractivity contribution < 1.29 is 9.72 Å². The highest BCUT2D eigenvalue weighted by atomic mass is 35.5. The minimum atomic E-state index is -0.400. The van der Waals surface area contributed by atoms with Gasteiger partial charge in [-0.1, -0.05) is 6.42 Å². The molecule has 0 bridgehead atoms. The number of anilines is 1. The number of nitrogens with two attached hydrogens (primary N) is 1. The van der Waals surface area contributed by atoms with E-state index < -0.39 is 4.92 Å². The molecule has 1 aromatic rings. The highest BCUT2D eigenvalue weighted by molar-refractivity contribution is 5.96. The first-order valence-electron chi connectivity index (χ1n) is 8.64. The maximum absolute atomic E-state index is 12.5. The van der Waals surface area contributed by atoms with Crippen LogP contribution in [0.2, 0.25) is 0 Å². The molecule has 0 aromatic heterocycles. The minimum Gasteiger partial charge on any atom is -0.366 e. The molecule has 1 aliphatic carbocycles. The van der Waals surface area contributed by atoms with E-state index in [2.05, 4.69) is 5.32 Å². The number of nitro benzene ring substituents is 1. The Bertz CT molecular complexity index is 634. The van der Waals surface area contributed by atoms with E-state index in [-0.39, 0.29) is 30.0 Å². The Morgan fingerprint density at radius 1 is 1.28 bits per heavy atom. The Morgan fingerprint density at radius 3 is 2.64 bits per heavy atom. The molecule has 1 amide bonds. The summed E-state index contributed by atoms with van der Waals surface area (Å²) in [6.45, 7) is 2.21. The largest absolute Gasteiger partial charge is 0.366 e. The Labute approximate surface area is 153 Å². The van der Waals surface area contributed by atoms with E-state index >= 15 is 0 Å². The number of rotatable bonds is 5. The molecule has 2 atom stereocenters. The van der Waals surface area contributed by atoms with Gasteiger partial charge < -0.3 is 16.0 Å². The van der Waals surface area contributed by atoms with Crippen LogP contribution in [0.1, 0.15) is 42.5 Å². The van der Waals surface area contributed by atoms with Crippen LogP contribution in [0.4, 0.5) is 11.4 Å². The third kappa shape index (κ3) is 4.22. The summed E-state index contributed by atoms with van der Waals surface area (Å²) in [5, 5.41) is 14.4. The fraction of sp³-hybridized carbons (Fsp3) is 0.588. The predicted molar refractivity (Wildman–Crippen MR) is 99.4 cm³/mol. The highest BCUT2D eigenvalue weighted by Gasteiger charge is 2.29. The van der Waals surface area contributed by atoms with Gasteiger partial charge in [-0.15, -0.1) is 12.4 Å². The van der Waals surface area contributed by atoms with Crippen molar-refractivity contribution in [3.8, 4) is 0 Å². The van der Waals surface area contributed by atoms with Crippen LogP contribution in [-0.4, -0.2) is 36.5 Å². The lowest BCUT2D eigenvalue weighted by Gasteiger charge is -2.20. The lowest BCUT2D eigenvalue weighted by atomic mass is 10.0. The number of nitrogens with zero attached hydrogens (tertiary/aromatic N) is 2. The molecule has 25 heavy (non-hydrogen) atoms. The van der Waals surface area contributed by atoms with Crippen molar-refractivity contribution in [3.05, 3.63) is 33.9 Å². The van der Waals surface area contributed by atoms with Crippen molar-refractivity contribution in [2.24, 2.45) is 11.7 Å². The second-order valence-corrected chi connectivity index (χ2v) is 6.66. The Hall–Kier alpha value is -1.86. The number of benzene rings is 1. The number of halogens is 1. The smallest absolute Gasteiger partial charge is 0.293 e. The normalized spacial score (nSPS) is 22.5. The Morgan fingerprint density at radius 2 is 2.00 bits per heavy atom. The highest BCUT2D eigenvalue weighted by Crippen LogP contribution is 2.32. The van der Waals surface area contributed by atoms with Crippen LogP contribution in [0.15, 0.2) is 18.2 Å². The molecule has 3 N–H and O–H groups in total. The lowest BCUT2D eigenvalue weighted by molar-refractivity contribution is -0.384. The molecule has 7 nitrogen and oxygen atoms in total. The van der Waals surface area contributed by atoms with Crippen molar-refractivity contribution in [2.75, 3.05) is 24.5 Å². The first-order chi connectivity index (χ1) is 11.6. The average molecular weight is 369 g/mol. The SMILES string of the molecule is Cl.NCC1CCCC1NC(=O)c1ccc(N2CCCC2)c([N+](=O)[O-])c1. The van der Waals surface area contributed by atoms with Crippen LogP contribution < -0.4 is 16.0 Å². The van der Waals surface area contributed by atoms with Crippen LogP contribution in [0, 0.1) is 16.0 Å². The molecule has 1 saturated heterocycles. The molecule has 2 unspecified atom stereocenters. The molecule has 1 heterocycles. The summed E-state index contributed by atoms with van der Waals surface area (Å²) in [6, 6.07) is 4.85. The lowest BCUT2D eigenvalue weighted by Crippen LogP contribution is -2.39. The van der Waals surface area contributed by atoms with Crippen molar-refractivity contribution in [2.45, 2.75) is 38.1 Å². The maximum Gasteiger partial charge on any atom is 0.293 e. The van der Waals surface area contributed by atoms with Gasteiger partial charge in [0.05, 0.1) is 4.92 Å². The van der Waals surface area contributed by atoms with Gasteiger partial charge in [-0.25, -0.2) is 0 Å². The zero-order valence-electron chi connectivity index (χ0n) is 14.1. The summed E-state index contributed by atoms with van der Waals surface area (Å²) in [5.41, 5.74) is 6.70. The first-order valence-corrected chi connectivity index (χ1v) is 8.64. The minimum absolute atomic E-state index is 0. The van der Waals surface area contributed by atoms with Gasteiger partial charge in [0.2, 0.25) is 0 Å². The van der Waals surface area contributed by atoms with Gasteiger partial charge in [0, 0.05) is 30.8 Å². The Balaban J connectivity index is 0.00000225. The second kappa shape index (κ2) is 8.49. The standard InChI is InChI=1S/C17H24N4O3.ClH/c18-11-13-4-3-5-14(13)19-17(22)12-6-7-15(16(10-12)21(23)24)20-8-1-2-9-20;/h6-7,10,13-14H,1-5,8-9,11,18H2,(H,19,22);1H. The van der Waals surface area contributed by atoms with Gasteiger partial charge in [0.15, 0.2) is 0 Å². The zero-order chi connectivity index (χ0) is 17.1. The summed E-state index contributed by atoms with van der Waals surface area (Å²) in [7, 11) is 0. The van der Waals surface area contributed by atoms with Crippen molar-refractivity contribution in [1.29, 1.82) is 0 Å². The summed E-state index contributed by atoms with van der Waals surface area (Å²) in [6.07, 6.45) is 5.08. The number of nitrogens with one attached hydrogen (secondary N) is 1. The summed E-state index contributed by atoms with van der Waals surface area (Å²) in [5.74, 6) is 0.0456. The van der Waals surface area contributed by atoms with Crippen LogP contribution in [0.25, 0.3) is 0 Å². The Kier molecular flexibility index (Phi) is 6.61. The number of nitro groups is 1. The van der Waals surface area contributed by atoms with E-state index in [1.54, 1.807) is 12.1 Å². The van der Waals surface area contributed by atoms with Gasteiger partial charge >= 0.3 is 0 Å². The maximum atomic E-state index is 12.5. The molecule has 138 valence electrons. The molecule has 1 saturated carbocycles. The molecule has 0 spiro atoms. The van der Waals surface area contributed by atoms with Crippen LogP contribution in [-0.2, 0) is 0 Å². The number of hydrogen-bond donors (Lipinski definition) is 2. The number of carbonyl (C=O) groups excluding carboxylic acids is 1. The van der Waals surface area contributed by atoms with E-state index in [4.69, 9.17) is 5.73 Å². The number of amides is 1. The molecule has 2 aliphatic rings. The van der Waals surface area contributed by atoms with Crippen molar-refractivity contribution >= 4 is 29.7 Å². The molecule has 8 heteroatoms. The monoisotopic (exact) mass is 368 g/mol. The molecule has 3 rings (SSSR count). The molecular formula is C17H25ClN4O3. The van der Waals surface area contributed by atoms with Gasteiger partial charge in [0.25, 0.3) is 11.6 Å². The van der Waals surface area contributed by atoms with Crippen molar-refractivity contribution in [3.63, 3.8) is 0 Å². The molecule has 1 aliphatic heterocycles. The molecule has 2 fully saturated rings. The van der Waals surface area contributed by atoms with Gasteiger partial charge in [-0.2, -0.15) is 0 Å². The van der Waals surface area contributed by atoms with Gasteiger partial charge in [0.1, 0.15) is 5.69 Å². The first kappa shape index (κ1) is 19.5. The fourth-order valence-corrected chi connectivity index (χ4v) is 3.80. The van der Waals surface area contributed by atoms with E-state index in [1.807, 2.05) is 4.90 Å². The number of carbonyl (C=O) groups is 1. The summed E-state index contributed by atoms with van der Waals surface area (Å²) < 4.78 is 0. The van der Waals surface area contributed by atoms with Crippen LogP contribution in [0.3, 0.4) is 0 Å². The predicted octanol–water partition coefficient (Wildman–Crippen LogP) is 2.47. The topological polar surface area (TPSA) is 102 Å². The summed E-state index contributed by atoms with van der Waals surface area (Å²) >= 11 is 0. The molecule has 0 radical (unpaired) electrons. The van der Waals surface area contributed by atoms with E-state index in [9.17, 15) is 14.9 Å². The summed E-state index contributed by atoms with van der Waals surface area (Å²) in [4.78, 5) is 25.5. The molecule has 1 aromatic carbocycles. The van der Waals surface area contributed by atoms with Crippen LogP contribution in [0.5, 0.6) is 0 Å². The average Bonchev–Trinajstić information content (AvgIpc) is 3.25. The fourth-order valence-electron chi connectivity index (χ4n) is 3.80. The molecular weight excluding hydrogens is 344 g/mol. The third-order valence-electron chi connectivity index (χ3n) is 5.16. The quantitative estimate of drug-likeness (QED) is 0.614. The van der Waals surface area contributed by atoms with E-state index in [1.165, 1.54) is 6.07 Å². The van der Waals surface area contributed by atoms with E-state index in [0.29, 0.717) is 23.7 Å². The van der Waals surface area contributed by atoms with Crippen LogP contribution >= 0.6 is 12.4 Å². The van der Waals surface area contributed by atoms with Crippen molar-refractivity contribution in [1.82, 2.24) is 5.32 Å². The number of hydrogen-bond acceptors (Lipinski definition) is 5. The third-order valence-corrected chi connectivity index (χ3v) is 5.16. The van der Waals surface area contributed by atoms with Gasteiger partial charge in [-0.05, 0) is 50.3 Å². The second-order valence-electron chi connectivity index (χ2n) is 6.66.